The molecule has 1 aliphatic carbocycles. The van der Waals surface area contributed by atoms with E-state index in [-0.39, 0.29) is 0 Å². The van der Waals surface area contributed by atoms with Crippen molar-refractivity contribution in [3.8, 4) is 0 Å². The number of rotatable bonds is 3. The molecule has 0 aliphatic heterocycles. The van der Waals surface area contributed by atoms with E-state index in [0.717, 1.165) is 23.0 Å². The van der Waals surface area contributed by atoms with Crippen LogP contribution in [0.4, 0.5) is 0 Å². The molecule has 1 aliphatic rings. The third-order valence-electron chi connectivity index (χ3n) is 3.55. The largest absolute Gasteiger partial charge is 0.153 e. The lowest BCUT2D eigenvalue weighted by molar-refractivity contribution is 0.343. The summed E-state index contributed by atoms with van der Waals surface area (Å²) in [4.78, 5) is 0. The van der Waals surface area contributed by atoms with Crippen molar-refractivity contribution in [2.24, 2.45) is 17.8 Å². The molecule has 0 amide bonds. The average molecular weight is 214 g/mol. The first-order valence-electron chi connectivity index (χ1n) is 6.00. The van der Waals surface area contributed by atoms with Crippen LogP contribution in [-0.4, -0.2) is 10.00 Å². The summed E-state index contributed by atoms with van der Waals surface area (Å²) in [6.45, 7) is 14.4. The van der Waals surface area contributed by atoms with Crippen molar-refractivity contribution < 1.29 is 0 Å². The smallest absolute Gasteiger partial charge is 0.0137 e. The van der Waals surface area contributed by atoms with Crippen molar-refractivity contribution in [2.75, 3.05) is 0 Å². The Morgan fingerprint density at radius 1 is 1.14 bits per heavy atom. The predicted octanol–water partition coefficient (Wildman–Crippen LogP) is 4.59. The summed E-state index contributed by atoms with van der Waals surface area (Å²) < 4.78 is 0.471. The van der Waals surface area contributed by atoms with Gasteiger partial charge >= 0.3 is 0 Å². The Morgan fingerprint density at radius 2 is 1.71 bits per heavy atom. The highest BCUT2D eigenvalue weighted by Gasteiger charge is 2.39. The number of hydrogen-bond donors (Lipinski definition) is 0. The SMILES string of the molecule is CC(C)SC(C)(C)C1C[C@@H](C)CC1C. The zero-order chi connectivity index (χ0) is 10.9. The van der Waals surface area contributed by atoms with Gasteiger partial charge in [-0.3, -0.25) is 0 Å². The minimum atomic E-state index is 0.471. The zero-order valence-electron chi connectivity index (χ0n) is 10.6. The van der Waals surface area contributed by atoms with Gasteiger partial charge in [0.05, 0.1) is 0 Å². The number of hydrogen-bond acceptors (Lipinski definition) is 1. The summed E-state index contributed by atoms with van der Waals surface area (Å²) in [6, 6.07) is 0. The Morgan fingerprint density at radius 3 is 2.07 bits per heavy atom. The van der Waals surface area contributed by atoms with Gasteiger partial charge in [0.15, 0.2) is 0 Å². The maximum Gasteiger partial charge on any atom is 0.0137 e. The van der Waals surface area contributed by atoms with Gasteiger partial charge in [0.2, 0.25) is 0 Å². The van der Waals surface area contributed by atoms with E-state index in [1.807, 2.05) is 0 Å². The summed E-state index contributed by atoms with van der Waals surface area (Å²) in [5, 5.41) is 0.758. The van der Waals surface area contributed by atoms with Crippen molar-refractivity contribution >= 4 is 11.8 Å². The molecule has 1 rings (SSSR count). The molecule has 14 heavy (non-hydrogen) atoms. The second kappa shape index (κ2) is 4.47. The van der Waals surface area contributed by atoms with Crippen LogP contribution in [0, 0.1) is 17.8 Å². The molecule has 0 spiro atoms. The first-order chi connectivity index (χ1) is 6.33. The van der Waals surface area contributed by atoms with Crippen LogP contribution in [0.5, 0.6) is 0 Å². The van der Waals surface area contributed by atoms with E-state index in [1.54, 1.807) is 0 Å². The van der Waals surface area contributed by atoms with Crippen molar-refractivity contribution in [3.05, 3.63) is 0 Å². The average Bonchev–Trinajstić information content (AvgIpc) is 2.27. The van der Waals surface area contributed by atoms with Crippen molar-refractivity contribution in [1.29, 1.82) is 0 Å². The summed E-state index contributed by atoms with van der Waals surface area (Å²) >= 11 is 2.16. The molecule has 84 valence electrons. The van der Waals surface area contributed by atoms with Gasteiger partial charge in [-0.05, 0) is 35.8 Å². The first kappa shape index (κ1) is 12.4. The molecule has 0 nitrogen and oxygen atoms in total. The highest BCUT2D eigenvalue weighted by Crippen LogP contribution is 2.48. The minimum absolute atomic E-state index is 0.471. The molecule has 3 atom stereocenters. The molecular formula is C13H26S. The van der Waals surface area contributed by atoms with Crippen molar-refractivity contribution in [3.63, 3.8) is 0 Å². The highest BCUT2D eigenvalue weighted by atomic mass is 32.2. The quantitative estimate of drug-likeness (QED) is 0.662. The van der Waals surface area contributed by atoms with E-state index >= 15 is 0 Å². The molecule has 1 heteroatoms. The molecule has 0 saturated heterocycles. The van der Waals surface area contributed by atoms with Gasteiger partial charge in [0.1, 0.15) is 0 Å². The molecule has 1 fully saturated rings. The van der Waals surface area contributed by atoms with Crippen LogP contribution in [-0.2, 0) is 0 Å². The number of thioether (sulfide) groups is 1. The van der Waals surface area contributed by atoms with Crippen LogP contribution in [0.3, 0.4) is 0 Å². The normalized spacial score (nSPS) is 34.1. The lowest BCUT2D eigenvalue weighted by atomic mass is 9.86. The van der Waals surface area contributed by atoms with Crippen LogP contribution in [0.25, 0.3) is 0 Å². The molecule has 0 aromatic heterocycles. The molecule has 0 aromatic carbocycles. The van der Waals surface area contributed by atoms with E-state index in [0.29, 0.717) is 4.75 Å². The molecular weight excluding hydrogens is 188 g/mol. The van der Waals surface area contributed by atoms with Gasteiger partial charge in [0, 0.05) is 4.75 Å². The topological polar surface area (TPSA) is 0 Å². The van der Waals surface area contributed by atoms with E-state index in [1.165, 1.54) is 12.8 Å². The van der Waals surface area contributed by atoms with Crippen LogP contribution in [0.1, 0.15) is 54.4 Å². The first-order valence-corrected chi connectivity index (χ1v) is 6.88. The predicted molar refractivity (Wildman–Crippen MR) is 67.9 cm³/mol. The summed E-state index contributed by atoms with van der Waals surface area (Å²) in [6.07, 6.45) is 2.88. The molecule has 0 aromatic rings. The lowest BCUT2D eigenvalue weighted by Gasteiger charge is -2.35. The Kier molecular flexibility index (Phi) is 3.96. The summed E-state index contributed by atoms with van der Waals surface area (Å²) in [7, 11) is 0. The van der Waals surface area contributed by atoms with Crippen molar-refractivity contribution in [2.45, 2.75) is 64.4 Å². The van der Waals surface area contributed by atoms with Gasteiger partial charge in [0.25, 0.3) is 0 Å². The van der Waals surface area contributed by atoms with Crippen LogP contribution >= 0.6 is 11.8 Å². The maximum absolute atomic E-state index is 2.44. The van der Waals surface area contributed by atoms with E-state index in [4.69, 9.17) is 0 Å². The second-order valence-electron chi connectivity index (χ2n) is 5.93. The van der Waals surface area contributed by atoms with E-state index in [9.17, 15) is 0 Å². The molecule has 2 unspecified atom stereocenters. The molecule has 0 N–H and O–H groups in total. The Labute approximate surface area is 94.2 Å². The Bertz CT molecular complexity index is 184. The van der Waals surface area contributed by atoms with Gasteiger partial charge in [-0.25, -0.2) is 0 Å². The van der Waals surface area contributed by atoms with Crippen molar-refractivity contribution in [1.82, 2.24) is 0 Å². The Balaban J connectivity index is 2.62. The van der Waals surface area contributed by atoms with Gasteiger partial charge in [-0.15, -0.1) is 0 Å². The molecule has 0 bridgehead atoms. The molecule has 0 heterocycles. The molecule has 0 radical (unpaired) electrons. The van der Waals surface area contributed by atoms with E-state index in [2.05, 4.69) is 53.3 Å². The van der Waals surface area contributed by atoms with E-state index < -0.39 is 0 Å². The van der Waals surface area contributed by atoms with Gasteiger partial charge in [-0.2, -0.15) is 11.8 Å². The maximum atomic E-state index is 2.44. The standard InChI is InChI=1S/C13H26S/c1-9(2)14-13(5,6)12-8-10(3)7-11(12)4/h9-12H,7-8H2,1-6H3/t10-,11?,12?/m0/s1. The summed E-state index contributed by atoms with van der Waals surface area (Å²) in [5.41, 5.74) is 0. The fourth-order valence-electron chi connectivity index (χ4n) is 3.22. The third-order valence-corrected chi connectivity index (χ3v) is 4.93. The van der Waals surface area contributed by atoms with Crippen LogP contribution in [0.15, 0.2) is 0 Å². The zero-order valence-corrected chi connectivity index (χ0v) is 11.4. The van der Waals surface area contributed by atoms with Gasteiger partial charge < -0.3 is 0 Å². The minimum Gasteiger partial charge on any atom is -0.153 e. The second-order valence-corrected chi connectivity index (χ2v) is 8.16. The summed E-state index contributed by atoms with van der Waals surface area (Å²) in [5.74, 6) is 2.79. The monoisotopic (exact) mass is 214 g/mol. The fourth-order valence-corrected chi connectivity index (χ4v) is 4.94. The highest BCUT2D eigenvalue weighted by molar-refractivity contribution is 8.01. The molecule has 1 saturated carbocycles. The Hall–Kier alpha value is 0.350. The van der Waals surface area contributed by atoms with Crippen LogP contribution < -0.4 is 0 Å². The van der Waals surface area contributed by atoms with Gasteiger partial charge in [-0.1, -0.05) is 41.5 Å². The lowest BCUT2D eigenvalue weighted by Crippen LogP contribution is -2.31. The third kappa shape index (κ3) is 2.92. The van der Waals surface area contributed by atoms with Crippen LogP contribution in [0.2, 0.25) is 0 Å². The fraction of sp³-hybridized carbons (Fsp3) is 1.00.